The minimum absolute atomic E-state index is 0.235. The van der Waals surface area contributed by atoms with E-state index in [0.29, 0.717) is 33.4 Å². The maximum atomic E-state index is 13.2. The van der Waals surface area contributed by atoms with Crippen LogP contribution in [-0.2, 0) is 6.54 Å². The molecule has 5 aromatic rings. The van der Waals surface area contributed by atoms with E-state index in [0.717, 1.165) is 11.3 Å². The number of ether oxygens (including phenoxy) is 1. The SMILES string of the molecule is Cc1cc(OCC(=O)c2ccc(Cl)cc2)c(-c2csc(=Nc3ccccc3)n2Cc2ccccc2)c(=O)o1. The molecule has 0 unspecified atom stereocenters. The second kappa shape index (κ2) is 11.5. The van der Waals surface area contributed by atoms with Gasteiger partial charge in [-0.25, -0.2) is 9.79 Å². The zero-order chi connectivity index (χ0) is 26.5. The normalized spacial score (nSPS) is 11.5. The summed E-state index contributed by atoms with van der Waals surface area (Å²) in [5.41, 5.74) is 2.58. The molecular weight excluding hydrogens is 520 g/mol. The predicted molar refractivity (Wildman–Crippen MR) is 150 cm³/mol. The Morgan fingerprint density at radius 1 is 1.00 bits per heavy atom. The zero-order valence-electron chi connectivity index (χ0n) is 20.5. The van der Waals surface area contributed by atoms with Crippen LogP contribution in [0, 0.1) is 6.92 Å². The molecular formula is C30H23ClN2O4S. The molecule has 0 saturated carbocycles. The van der Waals surface area contributed by atoms with E-state index in [4.69, 9.17) is 25.7 Å². The Morgan fingerprint density at radius 3 is 2.39 bits per heavy atom. The quantitative estimate of drug-likeness (QED) is 0.205. The first kappa shape index (κ1) is 25.4. The lowest BCUT2D eigenvalue weighted by Crippen LogP contribution is -2.20. The summed E-state index contributed by atoms with van der Waals surface area (Å²) in [4.78, 5) is 31.5. The van der Waals surface area contributed by atoms with Crippen molar-refractivity contribution >= 4 is 34.4 Å². The third-order valence-corrected chi connectivity index (χ3v) is 6.90. The number of nitrogens with zero attached hydrogens (tertiary/aromatic N) is 2. The fourth-order valence-corrected chi connectivity index (χ4v) is 4.98. The minimum atomic E-state index is -0.551. The molecule has 2 aromatic heterocycles. The summed E-state index contributed by atoms with van der Waals surface area (Å²) in [5, 5.41) is 2.40. The Kier molecular flexibility index (Phi) is 7.67. The van der Waals surface area contributed by atoms with Crippen molar-refractivity contribution < 1.29 is 13.9 Å². The van der Waals surface area contributed by atoms with E-state index in [2.05, 4.69) is 0 Å². The molecule has 0 aliphatic carbocycles. The minimum Gasteiger partial charge on any atom is -0.484 e. The van der Waals surface area contributed by atoms with Gasteiger partial charge in [-0.2, -0.15) is 0 Å². The molecule has 3 aromatic carbocycles. The first-order valence-corrected chi connectivity index (χ1v) is 13.1. The lowest BCUT2D eigenvalue weighted by Gasteiger charge is -2.13. The molecule has 2 heterocycles. The molecule has 0 radical (unpaired) electrons. The third-order valence-electron chi connectivity index (χ3n) is 5.78. The smallest absolute Gasteiger partial charge is 0.349 e. The van der Waals surface area contributed by atoms with Gasteiger partial charge in [0.15, 0.2) is 17.2 Å². The van der Waals surface area contributed by atoms with Gasteiger partial charge < -0.3 is 13.7 Å². The Morgan fingerprint density at radius 2 is 1.68 bits per heavy atom. The number of benzene rings is 3. The molecule has 6 nitrogen and oxygen atoms in total. The highest BCUT2D eigenvalue weighted by Crippen LogP contribution is 2.29. The molecule has 190 valence electrons. The number of hydrogen-bond donors (Lipinski definition) is 0. The average molecular weight is 543 g/mol. The molecule has 0 bridgehead atoms. The van der Waals surface area contributed by atoms with Gasteiger partial charge in [0.1, 0.15) is 17.1 Å². The molecule has 0 fully saturated rings. The van der Waals surface area contributed by atoms with E-state index in [1.165, 1.54) is 11.3 Å². The summed E-state index contributed by atoms with van der Waals surface area (Å²) in [6.07, 6.45) is 0. The van der Waals surface area contributed by atoms with E-state index in [9.17, 15) is 9.59 Å². The largest absolute Gasteiger partial charge is 0.484 e. The van der Waals surface area contributed by atoms with Crippen LogP contribution in [-0.4, -0.2) is 17.0 Å². The molecule has 0 spiro atoms. The van der Waals surface area contributed by atoms with Crippen LogP contribution in [0.4, 0.5) is 5.69 Å². The summed E-state index contributed by atoms with van der Waals surface area (Å²) >= 11 is 7.35. The van der Waals surface area contributed by atoms with E-state index in [1.54, 1.807) is 37.3 Å². The topological polar surface area (TPSA) is 73.8 Å². The fraction of sp³-hybridized carbons (Fsp3) is 0.100. The molecule has 0 amide bonds. The van der Waals surface area contributed by atoms with E-state index in [1.807, 2.05) is 70.6 Å². The molecule has 8 heteroatoms. The van der Waals surface area contributed by atoms with Crippen LogP contribution in [0.25, 0.3) is 11.3 Å². The molecule has 0 atom stereocenters. The monoisotopic (exact) mass is 542 g/mol. The van der Waals surface area contributed by atoms with Crippen LogP contribution < -0.4 is 15.2 Å². The van der Waals surface area contributed by atoms with Crippen LogP contribution in [0.15, 0.2) is 111 Å². The lowest BCUT2D eigenvalue weighted by atomic mass is 10.1. The highest BCUT2D eigenvalue weighted by Gasteiger charge is 2.21. The van der Waals surface area contributed by atoms with Crippen molar-refractivity contribution in [3.05, 3.63) is 134 Å². The summed E-state index contributed by atoms with van der Waals surface area (Å²) in [7, 11) is 0. The first-order chi connectivity index (χ1) is 18.5. The highest BCUT2D eigenvalue weighted by atomic mass is 35.5. The number of carbonyl (C=O) groups is 1. The average Bonchev–Trinajstić information content (AvgIpc) is 3.29. The highest BCUT2D eigenvalue weighted by molar-refractivity contribution is 7.07. The van der Waals surface area contributed by atoms with Crippen molar-refractivity contribution in [1.82, 2.24) is 4.57 Å². The molecule has 5 rings (SSSR count). The summed E-state index contributed by atoms with van der Waals surface area (Å²) in [6.45, 7) is 1.89. The van der Waals surface area contributed by atoms with Gasteiger partial charge in [0.2, 0.25) is 0 Å². The number of aromatic nitrogens is 1. The van der Waals surface area contributed by atoms with E-state index in [-0.39, 0.29) is 23.7 Å². The van der Waals surface area contributed by atoms with E-state index >= 15 is 0 Å². The molecule has 0 aliphatic rings. The maximum Gasteiger partial charge on any atom is 0.349 e. The van der Waals surface area contributed by atoms with Gasteiger partial charge in [0.25, 0.3) is 0 Å². The number of halogens is 1. The maximum absolute atomic E-state index is 13.2. The number of carbonyl (C=O) groups excluding carboxylic acids is 1. The van der Waals surface area contributed by atoms with Crippen molar-refractivity contribution in [2.45, 2.75) is 13.5 Å². The van der Waals surface area contributed by atoms with Crippen LogP contribution in [0.3, 0.4) is 0 Å². The Labute approximate surface area is 228 Å². The molecule has 38 heavy (non-hydrogen) atoms. The number of ketones is 1. The number of hydrogen-bond acceptors (Lipinski definition) is 6. The van der Waals surface area contributed by atoms with Crippen LogP contribution in [0.1, 0.15) is 21.7 Å². The molecule has 0 saturated heterocycles. The zero-order valence-corrected chi connectivity index (χ0v) is 22.0. The van der Waals surface area contributed by atoms with Gasteiger partial charge in [-0.15, -0.1) is 11.3 Å². The van der Waals surface area contributed by atoms with Crippen LogP contribution >= 0.6 is 22.9 Å². The predicted octanol–water partition coefficient (Wildman–Crippen LogP) is 6.67. The fourth-order valence-electron chi connectivity index (χ4n) is 3.94. The Bertz CT molecular complexity index is 1690. The summed E-state index contributed by atoms with van der Waals surface area (Å²) in [5.74, 6) is 0.416. The van der Waals surface area contributed by atoms with Gasteiger partial charge in [0.05, 0.1) is 17.9 Å². The molecule has 0 N–H and O–H groups in total. The van der Waals surface area contributed by atoms with Gasteiger partial charge in [-0.05, 0) is 48.9 Å². The van der Waals surface area contributed by atoms with Crippen molar-refractivity contribution in [1.29, 1.82) is 0 Å². The van der Waals surface area contributed by atoms with Gasteiger partial charge in [-0.3, -0.25) is 4.79 Å². The third kappa shape index (κ3) is 5.85. The van der Waals surface area contributed by atoms with Crippen molar-refractivity contribution in [2.24, 2.45) is 4.99 Å². The van der Waals surface area contributed by atoms with Crippen LogP contribution in [0.2, 0.25) is 5.02 Å². The Balaban J connectivity index is 1.58. The summed E-state index contributed by atoms with van der Waals surface area (Å²) < 4.78 is 13.4. The van der Waals surface area contributed by atoms with Crippen molar-refractivity contribution in [2.75, 3.05) is 6.61 Å². The van der Waals surface area contributed by atoms with Crippen LogP contribution in [0.5, 0.6) is 5.75 Å². The number of rotatable bonds is 8. The lowest BCUT2D eigenvalue weighted by molar-refractivity contribution is 0.0921. The van der Waals surface area contributed by atoms with Gasteiger partial charge in [-0.1, -0.05) is 60.1 Å². The van der Waals surface area contributed by atoms with Gasteiger partial charge in [0, 0.05) is 22.0 Å². The number of thiazole rings is 1. The first-order valence-electron chi connectivity index (χ1n) is 11.9. The standard InChI is InChI=1S/C30H23ClN2O4S/c1-20-16-27(36-18-26(34)22-12-14-23(31)15-13-22)28(29(35)37-20)25-19-38-30(32-24-10-6-3-7-11-24)33(25)17-21-8-4-2-5-9-21/h2-16,19H,17-18H2,1H3. The summed E-state index contributed by atoms with van der Waals surface area (Å²) in [6, 6.07) is 27.7. The number of aryl methyl sites for hydroxylation is 1. The number of Topliss-reactive ketones (excluding diaryl/α,β-unsaturated/α-hetero) is 1. The van der Waals surface area contributed by atoms with Gasteiger partial charge >= 0.3 is 5.63 Å². The van der Waals surface area contributed by atoms with Crippen molar-refractivity contribution in [3.63, 3.8) is 0 Å². The second-order valence-electron chi connectivity index (χ2n) is 8.53. The second-order valence-corrected chi connectivity index (χ2v) is 9.80. The molecule has 0 aliphatic heterocycles. The van der Waals surface area contributed by atoms with E-state index < -0.39 is 5.63 Å². The number of para-hydroxylation sites is 1. The Hall–Kier alpha value is -4.20. The van der Waals surface area contributed by atoms with Crippen molar-refractivity contribution in [3.8, 4) is 17.0 Å².